The number of anilines is 3. The smallest absolute Gasteiger partial charge is 0.267 e. The minimum Gasteiger partial charge on any atom is -0.304 e. The predicted molar refractivity (Wildman–Crippen MR) is 114 cm³/mol. The molecular weight excluding hydrogens is 384 g/mol. The first-order chi connectivity index (χ1) is 14.0. The van der Waals surface area contributed by atoms with E-state index in [-0.39, 0.29) is 11.6 Å². The highest BCUT2D eigenvalue weighted by atomic mass is 32.2. The molecule has 6 nitrogen and oxygen atoms in total. The zero-order valence-corrected chi connectivity index (χ0v) is 16.5. The first-order valence-corrected chi connectivity index (χ1v) is 10.7. The van der Waals surface area contributed by atoms with Gasteiger partial charge < -0.3 is 4.90 Å². The predicted octanol–water partition coefficient (Wildman–Crippen LogP) is 4.24. The van der Waals surface area contributed by atoms with Crippen LogP contribution in [-0.4, -0.2) is 25.1 Å². The second-order valence-electron chi connectivity index (χ2n) is 6.93. The number of aryl methyl sites for hydroxylation is 1. The van der Waals surface area contributed by atoms with Crippen LogP contribution < -0.4 is 9.21 Å². The van der Waals surface area contributed by atoms with E-state index in [0.29, 0.717) is 17.2 Å². The number of aromatic nitrogens is 2. The van der Waals surface area contributed by atoms with Crippen LogP contribution in [0.25, 0.3) is 11.0 Å². The van der Waals surface area contributed by atoms with E-state index in [1.54, 1.807) is 24.3 Å². The lowest BCUT2D eigenvalue weighted by molar-refractivity contribution is 0.592. The molecule has 2 heterocycles. The molecule has 0 fully saturated rings. The Kier molecular flexibility index (Phi) is 3.99. The molecule has 144 valence electrons. The van der Waals surface area contributed by atoms with Gasteiger partial charge in [-0.1, -0.05) is 48.0 Å². The van der Waals surface area contributed by atoms with Crippen molar-refractivity contribution in [2.45, 2.75) is 11.8 Å². The van der Waals surface area contributed by atoms with E-state index in [0.717, 1.165) is 16.8 Å². The summed E-state index contributed by atoms with van der Waals surface area (Å²) < 4.78 is 28.2. The number of hydrogen-bond acceptors (Lipinski definition) is 5. The highest BCUT2D eigenvalue weighted by Crippen LogP contribution is 2.41. The van der Waals surface area contributed by atoms with Crippen molar-refractivity contribution >= 4 is 38.4 Å². The molecule has 1 aromatic heterocycles. The van der Waals surface area contributed by atoms with Gasteiger partial charge in [-0.05, 0) is 43.3 Å². The minimum atomic E-state index is -3.79. The molecule has 0 atom stereocenters. The van der Waals surface area contributed by atoms with Gasteiger partial charge in [0.1, 0.15) is 6.67 Å². The highest BCUT2D eigenvalue weighted by Gasteiger charge is 2.38. The van der Waals surface area contributed by atoms with Crippen LogP contribution in [0.5, 0.6) is 0 Å². The number of fused-ring (bicyclic) bond motifs is 2. The zero-order chi connectivity index (χ0) is 20.0. The van der Waals surface area contributed by atoms with Crippen LogP contribution in [0.3, 0.4) is 0 Å². The number of para-hydroxylation sites is 3. The van der Waals surface area contributed by atoms with Gasteiger partial charge in [0.2, 0.25) is 0 Å². The molecule has 0 saturated carbocycles. The molecule has 0 spiro atoms. The summed E-state index contributed by atoms with van der Waals surface area (Å²) in [5, 5.41) is 0. The third kappa shape index (κ3) is 2.91. The van der Waals surface area contributed by atoms with Crippen molar-refractivity contribution in [1.82, 2.24) is 9.97 Å². The van der Waals surface area contributed by atoms with Crippen molar-refractivity contribution in [2.24, 2.45) is 0 Å². The summed E-state index contributed by atoms with van der Waals surface area (Å²) in [5.41, 5.74) is 3.24. The normalized spacial score (nSPS) is 13.7. The monoisotopic (exact) mass is 402 g/mol. The standard InChI is InChI=1S/C22H18N4O2S/c1-16-11-13-18(14-12-16)29(27,28)26-15-25(17-7-3-2-4-8-17)21-22(26)24-20-10-6-5-9-19(20)23-21/h2-14H,15H2,1H3. The third-order valence-corrected chi connectivity index (χ3v) is 6.71. The van der Waals surface area contributed by atoms with Crippen LogP contribution in [0.2, 0.25) is 0 Å². The lowest BCUT2D eigenvalue weighted by Crippen LogP contribution is -2.34. The molecule has 3 aromatic carbocycles. The van der Waals surface area contributed by atoms with Crippen molar-refractivity contribution in [3.05, 3.63) is 84.4 Å². The summed E-state index contributed by atoms with van der Waals surface area (Å²) >= 11 is 0. The van der Waals surface area contributed by atoms with Gasteiger partial charge in [-0.25, -0.2) is 22.7 Å². The maximum absolute atomic E-state index is 13.5. The molecule has 0 saturated heterocycles. The Balaban J connectivity index is 1.70. The summed E-state index contributed by atoms with van der Waals surface area (Å²) in [7, 11) is -3.79. The first-order valence-electron chi connectivity index (χ1n) is 9.23. The number of hydrogen-bond donors (Lipinski definition) is 0. The van der Waals surface area contributed by atoms with Gasteiger partial charge in [-0.2, -0.15) is 0 Å². The van der Waals surface area contributed by atoms with Gasteiger partial charge in [-0.15, -0.1) is 0 Å². The number of benzene rings is 3. The van der Waals surface area contributed by atoms with Crippen molar-refractivity contribution in [2.75, 3.05) is 15.9 Å². The highest BCUT2D eigenvalue weighted by molar-refractivity contribution is 7.92. The number of rotatable bonds is 3. The first kappa shape index (κ1) is 17.6. The molecule has 29 heavy (non-hydrogen) atoms. The second-order valence-corrected chi connectivity index (χ2v) is 8.79. The van der Waals surface area contributed by atoms with E-state index in [2.05, 4.69) is 4.98 Å². The van der Waals surface area contributed by atoms with Crippen LogP contribution in [0.4, 0.5) is 17.3 Å². The van der Waals surface area contributed by atoms with Gasteiger partial charge in [0.25, 0.3) is 10.0 Å². The Bertz CT molecular complexity index is 1310. The van der Waals surface area contributed by atoms with E-state index in [1.165, 1.54) is 4.31 Å². The van der Waals surface area contributed by atoms with Gasteiger partial charge in [0.05, 0.1) is 15.9 Å². The molecule has 1 aliphatic rings. The van der Waals surface area contributed by atoms with Gasteiger partial charge in [0.15, 0.2) is 11.6 Å². The molecule has 0 N–H and O–H groups in total. The molecule has 7 heteroatoms. The van der Waals surface area contributed by atoms with E-state index in [9.17, 15) is 8.42 Å². The molecular formula is C22H18N4O2S. The zero-order valence-electron chi connectivity index (χ0n) is 15.7. The fourth-order valence-corrected chi connectivity index (χ4v) is 4.78. The fraction of sp³-hybridized carbons (Fsp3) is 0.0909. The molecule has 1 aliphatic heterocycles. The van der Waals surface area contributed by atoms with E-state index in [4.69, 9.17) is 4.98 Å². The van der Waals surface area contributed by atoms with Crippen LogP contribution in [0.15, 0.2) is 83.8 Å². The SMILES string of the molecule is Cc1ccc(S(=O)(=O)N2CN(c3ccccc3)c3nc4ccccc4nc32)cc1. The van der Waals surface area contributed by atoms with E-state index < -0.39 is 10.0 Å². The Morgan fingerprint density at radius 2 is 1.34 bits per heavy atom. The van der Waals surface area contributed by atoms with Gasteiger partial charge in [-0.3, -0.25) is 0 Å². The second kappa shape index (κ2) is 6.56. The molecule has 0 bridgehead atoms. The largest absolute Gasteiger partial charge is 0.304 e. The summed E-state index contributed by atoms with van der Waals surface area (Å²) in [6.07, 6.45) is 0. The lowest BCUT2D eigenvalue weighted by atomic mass is 10.2. The molecule has 5 rings (SSSR count). The van der Waals surface area contributed by atoms with Crippen molar-refractivity contribution in [1.29, 1.82) is 0 Å². The molecule has 4 aromatic rings. The third-order valence-electron chi connectivity index (χ3n) is 4.97. The van der Waals surface area contributed by atoms with Gasteiger partial charge in [0, 0.05) is 5.69 Å². The van der Waals surface area contributed by atoms with E-state index >= 15 is 0 Å². The lowest BCUT2D eigenvalue weighted by Gasteiger charge is -2.20. The quantitative estimate of drug-likeness (QED) is 0.513. The van der Waals surface area contributed by atoms with Crippen molar-refractivity contribution < 1.29 is 8.42 Å². The minimum absolute atomic E-state index is 0.117. The molecule has 0 unspecified atom stereocenters. The summed E-state index contributed by atoms with van der Waals surface area (Å²) in [5.74, 6) is 0.874. The van der Waals surface area contributed by atoms with Crippen LogP contribution in [0.1, 0.15) is 5.56 Å². The molecule has 0 radical (unpaired) electrons. The summed E-state index contributed by atoms with van der Waals surface area (Å²) in [4.78, 5) is 11.5. The molecule has 0 amide bonds. The maximum atomic E-state index is 13.5. The van der Waals surface area contributed by atoms with Crippen LogP contribution >= 0.6 is 0 Å². The van der Waals surface area contributed by atoms with Crippen LogP contribution in [0, 0.1) is 6.92 Å². The molecule has 0 aliphatic carbocycles. The Morgan fingerprint density at radius 1 is 0.759 bits per heavy atom. The number of nitrogens with zero attached hydrogens (tertiary/aromatic N) is 4. The Labute approximate surface area is 169 Å². The van der Waals surface area contributed by atoms with Crippen molar-refractivity contribution in [3.8, 4) is 0 Å². The van der Waals surface area contributed by atoms with Crippen LogP contribution in [-0.2, 0) is 10.0 Å². The van der Waals surface area contributed by atoms with Gasteiger partial charge >= 0.3 is 0 Å². The number of sulfonamides is 1. The Hall–Kier alpha value is -3.45. The summed E-state index contributed by atoms with van der Waals surface area (Å²) in [6, 6.07) is 24.0. The topological polar surface area (TPSA) is 66.4 Å². The average Bonchev–Trinajstić information content (AvgIpc) is 3.12. The average molecular weight is 402 g/mol. The van der Waals surface area contributed by atoms with Crippen molar-refractivity contribution in [3.63, 3.8) is 0 Å². The summed E-state index contributed by atoms with van der Waals surface area (Å²) in [6.45, 7) is 2.04. The van der Waals surface area contributed by atoms with E-state index in [1.807, 2.05) is 66.4 Å². The fourth-order valence-electron chi connectivity index (χ4n) is 3.43. The maximum Gasteiger partial charge on any atom is 0.267 e. The Morgan fingerprint density at radius 3 is 2.00 bits per heavy atom.